The van der Waals surface area contributed by atoms with E-state index in [9.17, 15) is 18.0 Å². The number of rotatable bonds is 8. The number of benzene rings is 1. The summed E-state index contributed by atoms with van der Waals surface area (Å²) in [5.41, 5.74) is 0. The molecule has 5 nitrogen and oxygen atoms in total. The van der Waals surface area contributed by atoms with Gasteiger partial charge < -0.3 is 18.9 Å². The largest absolute Gasteiger partial charge is 0.573 e. The molecule has 112 valence electrons. The van der Waals surface area contributed by atoms with Gasteiger partial charge >= 0.3 is 6.36 Å². The van der Waals surface area contributed by atoms with E-state index in [1.165, 1.54) is 19.2 Å². The lowest BCUT2D eigenvalue weighted by molar-refractivity contribution is -0.274. The Labute approximate surface area is 113 Å². The van der Waals surface area contributed by atoms with Crippen LogP contribution in [0, 0.1) is 0 Å². The first-order valence-electron chi connectivity index (χ1n) is 5.51. The predicted octanol–water partition coefficient (Wildman–Crippen LogP) is 2.15. The summed E-state index contributed by atoms with van der Waals surface area (Å²) in [6, 6.07) is 4.86. The minimum absolute atomic E-state index is 0.0199. The number of ether oxygens (including phenoxy) is 4. The Kier molecular flexibility index (Phi) is 6.10. The van der Waals surface area contributed by atoms with Crippen molar-refractivity contribution in [2.75, 3.05) is 20.3 Å². The van der Waals surface area contributed by atoms with Crippen LogP contribution in [0.2, 0.25) is 0 Å². The van der Waals surface area contributed by atoms with Crippen LogP contribution in [-0.4, -0.2) is 39.3 Å². The lowest BCUT2D eigenvalue weighted by Crippen LogP contribution is -2.26. The Morgan fingerprint density at radius 2 is 1.75 bits per heavy atom. The molecular weight excluding hydrogens is 281 g/mol. The summed E-state index contributed by atoms with van der Waals surface area (Å²) in [4.78, 5) is 10.2. The third-order valence-electron chi connectivity index (χ3n) is 2.09. The minimum atomic E-state index is -4.73. The quantitative estimate of drug-likeness (QED) is 0.688. The van der Waals surface area contributed by atoms with E-state index >= 15 is 0 Å². The van der Waals surface area contributed by atoms with E-state index in [0.717, 1.165) is 12.1 Å². The van der Waals surface area contributed by atoms with Gasteiger partial charge in [-0.2, -0.15) is 0 Å². The Hall–Kier alpha value is -1.96. The molecule has 0 aliphatic heterocycles. The molecule has 0 aliphatic carbocycles. The second kappa shape index (κ2) is 7.59. The first-order chi connectivity index (χ1) is 9.44. The summed E-state index contributed by atoms with van der Waals surface area (Å²) in [5.74, 6) is -0.0300. The predicted molar refractivity (Wildman–Crippen MR) is 61.4 cm³/mol. The molecular formula is C12H13F3O5. The van der Waals surface area contributed by atoms with Gasteiger partial charge in [-0.3, -0.25) is 4.79 Å². The molecule has 0 spiro atoms. The summed E-state index contributed by atoms with van der Waals surface area (Å²) < 4.78 is 54.3. The molecule has 0 radical (unpaired) electrons. The van der Waals surface area contributed by atoms with Gasteiger partial charge in [-0.25, -0.2) is 0 Å². The number of hydrogen-bond acceptors (Lipinski definition) is 5. The summed E-state index contributed by atoms with van der Waals surface area (Å²) in [6.07, 6.45) is -5.33. The molecule has 20 heavy (non-hydrogen) atoms. The Balaban J connectivity index is 2.50. The van der Waals surface area contributed by atoms with Gasteiger partial charge in [0.25, 0.3) is 6.47 Å². The van der Waals surface area contributed by atoms with Crippen LogP contribution in [0.4, 0.5) is 13.2 Å². The highest BCUT2D eigenvalue weighted by Gasteiger charge is 2.30. The van der Waals surface area contributed by atoms with Crippen molar-refractivity contribution in [1.29, 1.82) is 0 Å². The van der Waals surface area contributed by atoms with Gasteiger partial charge in [-0.15, -0.1) is 13.2 Å². The second-order valence-electron chi connectivity index (χ2n) is 3.64. The van der Waals surface area contributed by atoms with E-state index in [2.05, 4.69) is 9.47 Å². The van der Waals surface area contributed by atoms with Crippen LogP contribution >= 0.6 is 0 Å². The van der Waals surface area contributed by atoms with Crippen LogP contribution in [0.3, 0.4) is 0 Å². The Morgan fingerprint density at radius 1 is 1.15 bits per heavy atom. The maximum absolute atomic E-state index is 11.9. The fraction of sp³-hybridized carbons (Fsp3) is 0.417. The van der Waals surface area contributed by atoms with Crippen LogP contribution in [-0.2, 0) is 14.3 Å². The lowest BCUT2D eigenvalue weighted by Gasteiger charge is -2.15. The lowest BCUT2D eigenvalue weighted by atomic mass is 10.3. The van der Waals surface area contributed by atoms with Crippen LogP contribution in [0.1, 0.15) is 0 Å². The first-order valence-corrected chi connectivity index (χ1v) is 5.51. The van der Waals surface area contributed by atoms with Gasteiger partial charge in [0.2, 0.25) is 0 Å². The standard InChI is InChI=1S/C12H13F3O5/c1-17-6-11(19-8-16)7-18-9-2-4-10(5-3-9)20-12(13,14)15/h2-5,8,11H,6-7H2,1H3. The van der Waals surface area contributed by atoms with Crippen LogP contribution in [0.5, 0.6) is 11.5 Å². The van der Waals surface area contributed by atoms with Crippen molar-refractivity contribution in [2.24, 2.45) is 0 Å². The molecule has 0 amide bonds. The fourth-order valence-corrected chi connectivity index (χ4v) is 1.32. The third kappa shape index (κ3) is 6.28. The van der Waals surface area contributed by atoms with Crippen LogP contribution in [0.25, 0.3) is 0 Å². The number of hydrogen-bond donors (Lipinski definition) is 0. The van der Waals surface area contributed by atoms with Crippen LogP contribution in [0.15, 0.2) is 24.3 Å². The highest BCUT2D eigenvalue weighted by Crippen LogP contribution is 2.24. The third-order valence-corrected chi connectivity index (χ3v) is 2.09. The van der Waals surface area contributed by atoms with Crippen molar-refractivity contribution in [3.05, 3.63) is 24.3 Å². The summed E-state index contributed by atoms with van der Waals surface area (Å²) in [7, 11) is 1.43. The number of methoxy groups -OCH3 is 1. The van der Waals surface area contributed by atoms with E-state index in [1.54, 1.807) is 0 Å². The Morgan fingerprint density at radius 3 is 2.25 bits per heavy atom. The average molecular weight is 294 g/mol. The van der Waals surface area contributed by atoms with Gasteiger partial charge in [0.05, 0.1) is 6.61 Å². The number of carbonyl (C=O) groups is 1. The summed E-state index contributed by atoms with van der Waals surface area (Å²) in [6.45, 7) is 0.438. The molecule has 0 aromatic heterocycles. The van der Waals surface area contributed by atoms with Crippen molar-refractivity contribution in [3.63, 3.8) is 0 Å². The van der Waals surface area contributed by atoms with Gasteiger partial charge in [0.15, 0.2) is 6.10 Å². The number of alkyl halides is 3. The molecule has 0 fully saturated rings. The van der Waals surface area contributed by atoms with Gasteiger partial charge in [0.1, 0.15) is 18.1 Å². The van der Waals surface area contributed by atoms with Crippen molar-refractivity contribution in [1.82, 2.24) is 0 Å². The fourth-order valence-electron chi connectivity index (χ4n) is 1.32. The number of halogens is 3. The maximum Gasteiger partial charge on any atom is 0.573 e. The molecule has 0 saturated carbocycles. The summed E-state index contributed by atoms with van der Waals surface area (Å²) >= 11 is 0. The molecule has 1 unspecified atom stereocenters. The average Bonchev–Trinajstić information content (AvgIpc) is 2.36. The van der Waals surface area contributed by atoms with E-state index in [0.29, 0.717) is 5.75 Å². The monoisotopic (exact) mass is 294 g/mol. The normalized spacial score (nSPS) is 12.6. The highest BCUT2D eigenvalue weighted by atomic mass is 19.4. The highest BCUT2D eigenvalue weighted by molar-refractivity contribution is 5.37. The zero-order valence-electron chi connectivity index (χ0n) is 10.6. The molecule has 0 N–H and O–H groups in total. The molecule has 0 saturated heterocycles. The summed E-state index contributed by atoms with van der Waals surface area (Å²) in [5, 5.41) is 0. The van der Waals surface area contributed by atoms with Crippen LogP contribution < -0.4 is 9.47 Å². The van der Waals surface area contributed by atoms with Crippen molar-refractivity contribution < 1.29 is 36.9 Å². The number of carbonyl (C=O) groups excluding carboxylic acids is 1. The molecule has 0 aliphatic rings. The van der Waals surface area contributed by atoms with E-state index in [-0.39, 0.29) is 25.4 Å². The van der Waals surface area contributed by atoms with Gasteiger partial charge in [-0.05, 0) is 24.3 Å². The Bertz CT molecular complexity index is 405. The van der Waals surface area contributed by atoms with E-state index in [1.807, 2.05) is 0 Å². The SMILES string of the molecule is COCC(COc1ccc(OC(F)(F)F)cc1)OC=O. The zero-order chi connectivity index (χ0) is 15.0. The molecule has 1 rings (SSSR count). The van der Waals surface area contributed by atoms with Gasteiger partial charge in [-0.1, -0.05) is 0 Å². The van der Waals surface area contributed by atoms with Gasteiger partial charge in [0, 0.05) is 7.11 Å². The zero-order valence-corrected chi connectivity index (χ0v) is 10.6. The second-order valence-corrected chi connectivity index (χ2v) is 3.64. The molecule has 8 heteroatoms. The van der Waals surface area contributed by atoms with Crippen molar-refractivity contribution in [3.8, 4) is 11.5 Å². The molecule has 1 aromatic rings. The first kappa shape index (κ1) is 16.1. The minimum Gasteiger partial charge on any atom is -0.490 e. The van der Waals surface area contributed by atoms with Crippen molar-refractivity contribution >= 4 is 6.47 Å². The molecule has 0 bridgehead atoms. The van der Waals surface area contributed by atoms with E-state index in [4.69, 9.17) is 9.47 Å². The van der Waals surface area contributed by atoms with E-state index < -0.39 is 12.5 Å². The topological polar surface area (TPSA) is 54.0 Å². The smallest absolute Gasteiger partial charge is 0.490 e. The molecule has 0 heterocycles. The maximum atomic E-state index is 11.9. The molecule has 1 atom stereocenters. The van der Waals surface area contributed by atoms with Crippen molar-refractivity contribution in [2.45, 2.75) is 12.5 Å². The molecule has 1 aromatic carbocycles.